The van der Waals surface area contributed by atoms with Gasteiger partial charge in [0.05, 0.1) is 5.60 Å². The van der Waals surface area contributed by atoms with Gasteiger partial charge < -0.3 is 10.1 Å². The minimum absolute atomic E-state index is 0.00637. The SMILES string of the molecule is CCOC(C)(C)CNC1CC(C)C1. The molecule has 0 atom stereocenters. The Morgan fingerprint density at radius 1 is 1.38 bits per heavy atom. The first-order chi connectivity index (χ1) is 6.03. The molecule has 78 valence electrons. The summed E-state index contributed by atoms with van der Waals surface area (Å²) in [5.74, 6) is 0.924. The second-order valence-corrected chi connectivity index (χ2v) is 4.85. The number of rotatable bonds is 5. The van der Waals surface area contributed by atoms with Crippen LogP contribution in [0.4, 0.5) is 0 Å². The van der Waals surface area contributed by atoms with E-state index in [9.17, 15) is 0 Å². The molecule has 0 aliphatic heterocycles. The highest BCUT2D eigenvalue weighted by molar-refractivity contribution is 4.84. The summed E-state index contributed by atoms with van der Waals surface area (Å²) in [4.78, 5) is 0. The maximum atomic E-state index is 5.61. The first-order valence-corrected chi connectivity index (χ1v) is 5.41. The Labute approximate surface area is 82.0 Å². The fraction of sp³-hybridized carbons (Fsp3) is 1.00. The van der Waals surface area contributed by atoms with E-state index in [-0.39, 0.29) is 5.60 Å². The fourth-order valence-electron chi connectivity index (χ4n) is 1.90. The Kier molecular flexibility index (Phi) is 3.74. The van der Waals surface area contributed by atoms with Crippen molar-refractivity contribution in [2.24, 2.45) is 5.92 Å². The Morgan fingerprint density at radius 3 is 2.46 bits per heavy atom. The van der Waals surface area contributed by atoms with Crippen LogP contribution in [0, 0.1) is 5.92 Å². The molecule has 0 aromatic heterocycles. The second-order valence-electron chi connectivity index (χ2n) is 4.85. The van der Waals surface area contributed by atoms with Crippen LogP contribution in [0.1, 0.15) is 40.5 Å². The highest BCUT2D eigenvalue weighted by Crippen LogP contribution is 2.26. The van der Waals surface area contributed by atoms with Crippen LogP contribution in [0.5, 0.6) is 0 Å². The van der Waals surface area contributed by atoms with Crippen molar-refractivity contribution in [3.63, 3.8) is 0 Å². The minimum atomic E-state index is -0.00637. The first-order valence-electron chi connectivity index (χ1n) is 5.41. The summed E-state index contributed by atoms with van der Waals surface area (Å²) in [6.07, 6.45) is 2.67. The molecule has 2 nitrogen and oxygen atoms in total. The molecule has 0 bridgehead atoms. The molecule has 0 heterocycles. The Bertz CT molecular complexity index is 150. The lowest BCUT2D eigenvalue weighted by molar-refractivity contribution is -0.0136. The molecular weight excluding hydrogens is 162 g/mol. The Balaban J connectivity index is 2.10. The number of nitrogens with one attached hydrogen (secondary N) is 1. The summed E-state index contributed by atoms with van der Waals surface area (Å²) >= 11 is 0. The molecule has 1 aliphatic carbocycles. The molecule has 0 spiro atoms. The maximum absolute atomic E-state index is 5.61. The van der Waals surface area contributed by atoms with Crippen molar-refractivity contribution in [2.75, 3.05) is 13.2 Å². The molecule has 0 saturated heterocycles. The lowest BCUT2D eigenvalue weighted by atomic mass is 9.81. The highest BCUT2D eigenvalue weighted by Gasteiger charge is 2.27. The maximum Gasteiger partial charge on any atom is 0.0750 e. The Hall–Kier alpha value is -0.0800. The van der Waals surface area contributed by atoms with Gasteiger partial charge in [0.15, 0.2) is 0 Å². The molecule has 1 saturated carbocycles. The van der Waals surface area contributed by atoms with Crippen LogP contribution in [0.15, 0.2) is 0 Å². The molecule has 0 amide bonds. The number of hydrogen-bond acceptors (Lipinski definition) is 2. The van der Waals surface area contributed by atoms with E-state index in [0.717, 1.165) is 25.1 Å². The van der Waals surface area contributed by atoms with Gasteiger partial charge in [-0.1, -0.05) is 6.92 Å². The number of ether oxygens (including phenoxy) is 1. The predicted molar refractivity (Wildman–Crippen MR) is 55.9 cm³/mol. The van der Waals surface area contributed by atoms with Crippen LogP contribution >= 0.6 is 0 Å². The molecule has 0 radical (unpaired) electrons. The van der Waals surface area contributed by atoms with Gasteiger partial charge in [-0.15, -0.1) is 0 Å². The van der Waals surface area contributed by atoms with Crippen LogP contribution in [0.3, 0.4) is 0 Å². The van der Waals surface area contributed by atoms with Crippen LogP contribution in [0.25, 0.3) is 0 Å². The van der Waals surface area contributed by atoms with Gasteiger partial charge in [-0.3, -0.25) is 0 Å². The van der Waals surface area contributed by atoms with Crippen molar-refractivity contribution in [2.45, 2.75) is 52.2 Å². The van der Waals surface area contributed by atoms with Gasteiger partial charge in [0.2, 0.25) is 0 Å². The average Bonchev–Trinajstić information content (AvgIpc) is 1.96. The monoisotopic (exact) mass is 185 g/mol. The predicted octanol–water partition coefficient (Wildman–Crippen LogP) is 2.19. The molecule has 13 heavy (non-hydrogen) atoms. The van der Waals surface area contributed by atoms with Gasteiger partial charge in [0, 0.05) is 19.2 Å². The van der Waals surface area contributed by atoms with E-state index in [1.165, 1.54) is 12.8 Å². The summed E-state index contributed by atoms with van der Waals surface area (Å²) in [6.45, 7) is 10.4. The topological polar surface area (TPSA) is 21.3 Å². The molecule has 0 unspecified atom stereocenters. The summed E-state index contributed by atoms with van der Waals surface area (Å²) in [7, 11) is 0. The van der Waals surface area contributed by atoms with Gasteiger partial charge >= 0.3 is 0 Å². The zero-order chi connectivity index (χ0) is 9.90. The second kappa shape index (κ2) is 4.43. The highest BCUT2D eigenvalue weighted by atomic mass is 16.5. The van der Waals surface area contributed by atoms with Crippen molar-refractivity contribution in [3.05, 3.63) is 0 Å². The average molecular weight is 185 g/mol. The standard InChI is InChI=1S/C11H23NO/c1-5-13-11(3,4)8-12-10-6-9(2)7-10/h9-10,12H,5-8H2,1-4H3. The van der Waals surface area contributed by atoms with Crippen LogP contribution in [-0.2, 0) is 4.74 Å². The van der Waals surface area contributed by atoms with Gasteiger partial charge in [-0.05, 0) is 39.5 Å². The summed E-state index contributed by atoms with van der Waals surface area (Å²) < 4.78 is 5.61. The molecule has 0 aromatic carbocycles. The van der Waals surface area contributed by atoms with Crippen LogP contribution < -0.4 is 5.32 Å². The summed E-state index contributed by atoms with van der Waals surface area (Å²) in [6, 6.07) is 0.745. The molecule has 1 aliphatic rings. The summed E-state index contributed by atoms with van der Waals surface area (Å²) in [5, 5.41) is 3.55. The smallest absolute Gasteiger partial charge is 0.0750 e. The van der Waals surface area contributed by atoms with Gasteiger partial charge in [-0.2, -0.15) is 0 Å². The summed E-state index contributed by atoms with van der Waals surface area (Å²) in [5.41, 5.74) is -0.00637. The largest absolute Gasteiger partial charge is 0.375 e. The van der Waals surface area contributed by atoms with Gasteiger partial charge in [-0.25, -0.2) is 0 Å². The van der Waals surface area contributed by atoms with E-state index >= 15 is 0 Å². The lowest BCUT2D eigenvalue weighted by Gasteiger charge is -2.36. The number of hydrogen-bond donors (Lipinski definition) is 1. The van der Waals surface area contributed by atoms with Crippen molar-refractivity contribution in [1.82, 2.24) is 5.32 Å². The van der Waals surface area contributed by atoms with Gasteiger partial charge in [0.1, 0.15) is 0 Å². The third kappa shape index (κ3) is 3.65. The van der Waals surface area contributed by atoms with E-state index in [0.29, 0.717) is 0 Å². The van der Waals surface area contributed by atoms with Crippen LogP contribution in [-0.4, -0.2) is 24.8 Å². The zero-order valence-corrected chi connectivity index (χ0v) is 9.39. The fourth-order valence-corrected chi connectivity index (χ4v) is 1.90. The third-order valence-corrected chi connectivity index (χ3v) is 2.73. The minimum Gasteiger partial charge on any atom is -0.375 e. The molecule has 1 N–H and O–H groups in total. The van der Waals surface area contributed by atoms with Crippen molar-refractivity contribution < 1.29 is 4.74 Å². The van der Waals surface area contributed by atoms with E-state index in [1.54, 1.807) is 0 Å². The molecule has 0 aromatic rings. The van der Waals surface area contributed by atoms with E-state index < -0.39 is 0 Å². The van der Waals surface area contributed by atoms with E-state index in [4.69, 9.17) is 4.74 Å². The lowest BCUT2D eigenvalue weighted by Crippen LogP contribution is -2.47. The Morgan fingerprint density at radius 2 is 2.00 bits per heavy atom. The quantitative estimate of drug-likeness (QED) is 0.709. The normalized spacial score (nSPS) is 28.6. The first kappa shape index (κ1) is 11.0. The molecule has 2 heteroatoms. The molecular formula is C11H23NO. The van der Waals surface area contributed by atoms with Crippen LogP contribution in [0.2, 0.25) is 0 Å². The van der Waals surface area contributed by atoms with Crippen molar-refractivity contribution in [1.29, 1.82) is 0 Å². The van der Waals surface area contributed by atoms with E-state index in [1.807, 2.05) is 6.92 Å². The van der Waals surface area contributed by atoms with Crippen molar-refractivity contribution in [3.8, 4) is 0 Å². The van der Waals surface area contributed by atoms with Gasteiger partial charge in [0.25, 0.3) is 0 Å². The molecule has 1 fully saturated rings. The van der Waals surface area contributed by atoms with Crippen molar-refractivity contribution >= 4 is 0 Å². The molecule has 1 rings (SSSR count). The van der Waals surface area contributed by atoms with E-state index in [2.05, 4.69) is 26.1 Å². The zero-order valence-electron chi connectivity index (χ0n) is 9.39. The third-order valence-electron chi connectivity index (χ3n) is 2.73.